The van der Waals surface area contributed by atoms with Crippen LogP contribution in [0, 0.1) is 11.7 Å². The average Bonchev–Trinajstić information content (AvgIpc) is 3.14. The molecular weight excluding hydrogens is 339 g/mol. The van der Waals surface area contributed by atoms with Crippen molar-refractivity contribution in [1.82, 2.24) is 5.32 Å². The first-order chi connectivity index (χ1) is 12.2. The molecule has 0 unspecified atom stereocenters. The van der Waals surface area contributed by atoms with E-state index in [0.29, 0.717) is 30.4 Å². The molecule has 3 rings (SSSR count). The molecule has 6 heteroatoms. The first kappa shape index (κ1) is 17.8. The van der Waals surface area contributed by atoms with E-state index in [4.69, 9.17) is 4.74 Å². The van der Waals surface area contributed by atoms with Gasteiger partial charge < -0.3 is 15.4 Å². The summed E-state index contributed by atoms with van der Waals surface area (Å²) < 4.78 is 19.1. The molecule has 1 aliphatic rings. The van der Waals surface area contributed by atoms with E-state index in [0.717, 1.165) is 23.6 Å². The fourth-order valence-corrected chi connectivity index (χ4v) is 3.61. The second-order valence-corrected chi connectivity index (χ2v) is 6.96. The third-order valence-electron chi connectivity index (χ3n) is 4.05. The molecular formula is C19H21FN2O2S. The average molecular weight is 360 g/mol. The Labute approximate surface area is 151 Å². The Bertz CT molecular complexity index is 720. The highest BCUT2D eigenvalue weighted by molar-refractivity contribution is 7.98. The van der Waals surface area contributed by atoms with Crippen molar-refractivity contribution in [3.05, 3.63) is 59.9 Å². The predicted molar refractivity (Wildman–Crippen MR) is 98.4 cm³/mol. The Kier molecular flexibility index (Phi) is 6.30. The zero-order valence-corrected chi connectivity index (χ0v) is 14.7. The van der Waals surface area contributed by atoms with Crippen molar-refractivity contribution in [2.24, 2.45) is 5.92 Å². The zero-order valence-electron chi connectivity index (χ0n) is 13.8. The van der Waals surface area contributed by atoms with Gasteiger partial charge in [0, 0.05) is 29.7 Å². The molecule has 0 aromatic heterocycles. The van der Waals surface area contributed by atoms with Crippen LogP contribution in [0.4, 0.5) is 14.9 Å². The van der Waals surface area contributed by atoms with Gasteiger partial charge in [0.15, 0.2) is 0 Å². The van der Waals surface area contributed by atoms with Gasteiger partial charge in [0.2, 0.25) is 0 Å². The second kappa shape index (κ2) is 8.87. The van der Waals surface area contributed by atoms with Gasteiger partial charge in [-0.1, -0.05) is 30.3 Å². The number of amides is 2. The first-order valence-corrected chi connectivity index (χ1v) is 9.29. The van der Waals surface area contributed by atoms with Crippen LogP contribution in [0.25, 0.3) is 0 Å². The summed E-state index contributed by atoms with van der Waals surface area (Å²) >= 11 is 1.50. The molecule has 0 bridgehead atoms. The number of rotatable bonds is 6. The zero-order chi connectivity index (χ0) is 17.5. The summed E-state index contributed by atoms with van der Waals surface area (Å²) in [6.45, 7) is 2.08. The van der Waals surface area contributed by atoms with Crippen molar-refractivity contribution in [1.29, 1.82) is 0 Å². The number of carbonyl (C=O) groups excluding carboxylic acids is 1. The quantitative estimate of drug-likeness (QED) is 0.756. The number of nitrogens with one attached hydrogen (secondary N) is 2. The standard InChI is InChI=1S/C19H21FN2O2S/c20-16-6-2-1-5-15(16)13-25-18-8-4-3-7-17(18)22-19(23)21-11-14-9-10-24-12-14/h1-8,14H,9-13H2,(H2,21,22,23)/t14-/m0/s1. The van der Waals surface area contributed by atoms with Gasteiger partial charge in [0.05, 0.1) is 12.3 Å². The third kappa shape index (κ3) is 5.21. The number of hydrogen-bond acceptors (Lipinski definition) is 3. The van der Waals surface area contributed by atoms with Crippen LogP contribution in [0.5, 0.6) is 0 Å². The number of hydrogen-bond donors (Lipinski definition) is 2. The lowest BCUT2D eigenvalue weighted by Gasteiger charge is -2.13. The Hall–Kier alpha value is -2.05. The Balaban J connectivity index is 1.56. The Morgan fingerprint density at radius 3 is 2.80 bits per heavy atom. The second-order valence-electron chi connectivity index (χ2n) is 5.94. The Morgan fingerprint density at radius 2 is 2.00 bits per heavy atom. The molecule has 1 saturated heterocycles. The lowest BCUT2D eigenvalue weighted by molar-refractivity contribution is 0.185. The summed E-state index contributed by atoms with van der Waals surface area (Å²) in [7, 11) is 0. The fourth-order valence-electron chi connectivity index (χ4n) is 2.61. The normalized spacial score (nSPS) is 16.6. The first-order valence-electron chi connectivity index (χ1n) is 8.30. The lowest BCUT2D eigenvalue weighted by Crippen LogP contribution is -2.33. The molecule has 0 aliphatic carbocycles. The summed E-state index contributed by atoms with van der Waals surface area (Å²) in [5.74, 6) is 0.681. The van der Waals surface area contributed by atoms with Gasteiger partial charge in [0.1, 0.15) is 5.82 Å². The number of ether oxygens (including phenoxy) is 1. The molecule has 25 heavy (non-hydrogen) atoms. The summed E-state index contributed by atoms with van der Waals surface area (Å²) in [5, 5.41) is 5.76. The van der Waals surface area contributed by atoms with Crippen LogP contribution in [0.15, 0.2) is 53.4 Å². The Morgan fingerprint density at radius 1 is 1.20 bits per heavy atom. The van der Waals surface area contributed by atoms with Gasteiger partial charge in [0.25, 0.3) is 0 Å². The van der Waals surface area contributed by atoms with E-state index in [2.05, 4.69) is 10.6 Å². The summed E-state index contributed by atoms with van der Waals surface area (Å²) in [5.41, 5.74) is 1.37. The van der Waals surface area contributed by atoms with Crippen LogP contribution in [0.2, 0.25) is 0 Å². The molecule has 2 N–H and O–H groups in total. The molecule has 1 atom stereocenters. The minimum atomic E-state index is -0.231. The minimum absolute atomic E-state index is 0.211. The number of para-hydroxylation sites is 1. The number of anilines is 1. The van der Waals surface area contributed by atoms with Crippen LogP contribution in [-0.2, 0) is 10.5 Å². The van der Waals surface area contributed by atoms with E-state index in [9.17, 15) is 9.18 Å². The van der Waals surface area contributed by atoms with Crippen molar-refractivity contribution < 1.29 is 13.9 Å². The smallest absolute Gasteiger partial charge is 0.319 e. The van der Waals surface area contributed by atoms with E-state index in [1.165, 1.54) is 17.8 Å². The maximum atomic E-state index is 13.7. The van der Waals surface area contributed by atoms with E-state index in [-0.39, 0.29) is 11.8 Å². The monoisotopic (exact) mass is 360 g/mol. The number of halogens is 1. The van der Waals surface area contributed by atoms with Crippen molar-refractivity contribution in [3.63, 3.8) is 0 Å². The van der Waals surface area contributed by atoms with Gasteiger partial charge >= 0.3 is 6.03 Å². The van der Waals surface area contributed by atoms with Gasteiger partial charge in [-0.3, -0.25) is 0 Å². The van der Waals surface area contributed by atoms with E-state index in [1.54, 1.807) is 12.1 Å². The van der Waals surface area contributed by atoms with E-state index in [1.807, 2.05) is 30.3 Å². The van der Waals surface area contributed by atoms with Crippen molar-refractivity contribution in [3.8, 4) is 0 Å². The van der Waals surface area contributed by atoms with Gasteiger partial charge in [-0.2, -0.15) is 0 Å². The molecule has 4 nitrogen and oxygen atoms in total. The highest BCUT2D eigenvalue weighted by Crippen LogP contribution is 2.30. The van der Waals surface area contributed by atoms with Crippen molar-refractivity contribution in [2.75, 3.05) is 25.1 Å². The highest BCUT2D eigenvalue weighted by atomic mass is 32.2. The van der Waals surface area contributed by atoms with Gasteiger partial charge in [-0.25, -0.2) is 9.18 Å². The SMILES string of the molecule is O=C(NC[C@@H]1CCOC1)Nc1ccccc1SCc1ccccc1F. The highest BCUT2D eigenvalue weighted by Gasteiger charge is 2.16. The molecule has 2 amide bonds. The number of thioether (sulfide) groups is 1. The molecule has 132 valence electrons. The van der Waals surface area contributed by atoms with Crippen LogP contribution < -0.4 is 10.6 Å². The predicted octanol–water partition coefficient (Wildman–Crippen LogP) is 4.28. The van der Waals surface area contributed by atoms with Crippen molar-refractivity contribution >= 4 is 23.5 Å². The van der Waals surface area contributed by atoms with Gasteiger partial charge in [-0.05, 0) is 30.2 Å². The number of urea groups is 1. The molecule has 1 fully saturated rings. The summed E-state index contributed by atoms with van der Waals surface area (Å²) in [6.07, 6.45) is 0.982. The molecule has 2 aromatic rings. The van der Waals surface area contributed by atoms with Crippen LogP contribution >= 0.6 is 11.8 Å². The topological polar surface area (TPSA) is 50.4 Å². The molecule has 0 saturated carbocycles. The van der Waals surface area contributed by atoms with E-state index >= 15 is 0 Å². The maximum Gasteiger partial charge on any atom is 0.319 e. The lowest BCUT2D eigenvalue weighted by atomic mass is 10.1. The molecule has 2 aromatic carbocycles. The van der Waals surface area contributed by atoms with Crippen molar-refractivity contribution in [2.45, 2.75) is 17.1 Å². The molecule has 0 radical (unpaired) electrons. The maximum absolute atomic E-state index is 13.7. The molecule has 1 aliphatic heterocycles. The minimum Gasteiger partial charge on any atom is -0.381 e. The summed E-state index contributed by atoms with van der Waals surface area (Å²) in [6, 6.07) is 14.0. The number of benzene rings is 2. The van der Waals surface area contributed by atoms with E-state index < -0.39 is 0 Å². The largest absolute Gasteiger partial charge is 0.381 e. The van der Waals surface area contributed by atoms with Crippen LogP contribution in [-0.4, -0.2) is 25.8 Å². The fraction of sp³-hybridized carbons (Fsp3) is 0.316. The summed E-state index contributed by atoms with van der Waals surface area (Å²) in [4.78, 5) is 13.0. The molecule has 0 spiro atoms. The third-order valence-corrected chi connectivity index (χ3v) is 5.17. The van der Waals surface area contributed by atoms with Crippen LogP contribution in [0.3, 0.4) is 0 Å². The van der Waals surface area contributed by atoms with Gasteiger partial charge in [-0.15, -0.1) is 11.8 Å². The molecule has 1 heterocycles. The van der Waals surface area contributed by atoms with Crippen LogP contribution in [0.1, 0.15) is 12.0 Å². The number of carbonyl (C=O) groups is 1.